The van der Waals surface area contributed by atoms with Crippen molar-refractivity contribution < 1.29 is 4.74 Å². The van der Waals surface area contributed by atoms with Gasteiger partial charge in [-0.15, -0.1) is 0 Å². The molecule has 0 aliphatic rings. The summed E-state index contributed by atoms with van der Waals surface area (Å²) >= 11 is 0. The average molecular weight is 230 g/mol. The number of hydrogen-bond acceptors (Lipinski definition) is 5. The molecule has 0 atom stereocenters. The van der Waals surface area contributed by atoms with E-state index in [1.165, 1.54) is 0 Å². The molecule has 2 heterocycles. The smallest absolute Gasteiger partial charge is 0.157 e. The first kappa shape index (κ1) is 11.5. The fourth-order valence-corrected chi connectivity index (χ4v) is 1.45. The second-order valence-electron chi connectivity index (χ2n) is 3.47. The largest absolute Gasteiger partial charge is 0.384 e. The van der Waals surface area contributed by atoms with E-state index in [9.17, 15) is 0 Å². The highest BCUT2D eigenvalue weighted by atomic mass is 16.5. The predicted octanol–water partition coefficient (Wildman–Crippen LogP) is 1.66. The van der Waals surface area contributed by atoms with Gasteiger partial charge in [-0.3, -0.25) is 4.98 Å². The fraction of sp³-hybridized carbons (Fsp3) is 0.250. The third kappa shape index (κ3) is 2.98. The Labute approximate surface area is 99.7 Å². The van der Waals surface area contributed by atoms with Gasteiger partial charge in [-0.05, 0) is 19.1 Å². The van der Waals surface area contributed by atoms with E-state index in [0.717, 1.165) is 11.3 Å². The van der Waals surface area contributed by atoms with E-state index >= 15 is 0 Å². The van der Waals surface area contributed by atoms with Crippen LogP contribution >= 0.6 is 0 Å². The molecule has 0 bridgehead atoms. The van der Waals surface area contributed by atoms with Crippen LogP contribution in [0.2, 0.25) is 0 Å². The molecule has 2 aromatic heterocycles. The van der Waals surface area contributed by atoms with Crippen LogP contribution in [-0.2, 0) is 11.3 Å². The molecule has 17 heavy (non-hydrogen) atoms. The number of rotatable bonds is 4. The lowest BCUT2D eigenvalue weighted by atomic mass is 10.2. The standard InChI is InChI=1S/C12H14N4O/c1-2-17-8-12-15-10(7-11(13)16-12)9-3-5-14-6-4-9/h3-7H,2,8H2,1H3,(H2,13,15,16). The van der Waals surface area contributed by atoms with E-state index in [-0.39, 0.29) is 0 Å². The molecule has 88 valence electrons. The molecule has 0 aliphatic heterocycles. The number of aromatic nitrogens is 3. The van der Waals surface area contributed by atoms with Crippen LogP contribution in [0.25, 0.3) is 11.3 Å². The number of nitrogens with two attached hydrogens (primary N) is 1. The topological polar surface area (TPSA) is 73.9 Å². The number of nitrogens with zero attached hydrogens (tertiary/aromatic N) is 3. The molecule has 0 spiro atoms. The first-order valence-electron chi connectivity index (χ1n) is 5.41. The number of ether oxygens (including phenoxy) is 1. The van der Waals surface area contributed by atoms with Gasteiger partial charge in [0.1, 0.15) is 12.4 Å². The predicted molar refractivity (Wildman–Crippen MR) is 65.0 cm³/mol. The molecular formula is C12H14N4O. The first-order chi connectivity index (χ1) is 8.29. The summed E-state index contributed by atoms with van der Waals surface area (Å²) in [7, 11) is 0. The van der Waals surface area contributed by atoms with Crippen LogP contribution in [0.4, 0.5) is 5.82 Å². The third-order valence-corrected chi connectivity index (χ3v) is 2.20. The zero-order valence-electron chi connectivity index (χ0n) is 9.63. The maximum Gasteiger partial charge on any atom is 0.157 e. The van der Waals surface area contributed by atoms with Crippen molar-refractivity contribution in [1.82, 2.24) is 15.0 Å². The SMILES string of the molecule is CCOCc1nc(N)cc(-c2ccncc2)n1. The molecule has 2 aromatic rings. The van der Waals surface area contributed by atoms with Gasteiger partial charge in [-0.2, -0.15) is 0 Å². The summed E-state index contributed by atoms with van der Waals surface area (Å²) in [6.45, 7) is 2.93. The van der Waals surface area contributed by atoms with Gasteiger partial charge in [0.15, 0.2) is 5.82 Å². The molecule has 0 aliphatic carbocycles. The van der Waals surface area contributed by atoms with Crippen LogP contribution in [0.3, 0.4) is 0 Å². The van der Waals surface area contributed by atoms with Gasteiger partial charge in [0.2, 0.25) is 0 Å². The molecule has 0 aromatic carbocycles. The molecule has 0 amide bonds. The maximum absolute atomic E-state index is 5.75. The van der Waals surface area contributed by atoms with Crippen molar-refractivity contribution in [1.29, 1.82) is 0 Å². The summed E-state index contributed by atoms with van der Waals surface area (Å²) in [5.41, 5.74) is 7.50. The number of anilines is 1. The van der Waals surface area contributed by atoms with Crippen LogP contribution in [-0.4, -0.2) is 21.6 Å². The van der Waals surface area contributed by atoms with Crippen molar-refractivity contribution in [2.24, 2.45) is 0 Å². The Kier molecular flexibility index (Phi) is 3.62. The molecule has 5 nitrogen and oxygen atoms in total. The maximum atomic E-state index is 5.75. The minimum absolute atomic E-state index is 0.375. The quantitative estimate of drug-likeness (QED) is 0.864. The van der Waals surface area contributed by atoms with Crippen LogP contribution in [0.5, 0.6) is 0 Å². The van der Waals surface area contributed by atoms with E-state index in [2.05, 4.69) is 15.0 Å². The minimum atomic E-state index is 0.375. The van der Waals surface area contributed by atoms with Crippen molar-refractivity contribution in [3.8, 4) is 11.3 Å². The Balaban J connectivity index is 2.32. The minimum Gasteiger partial charge on any atom is -0.384 e. The molecule has 0 unspecified atom stereocenters. The summed E-state index contributed by atoms with van der Waals surface area (Å²) in [6, 6.07) is 5.50. The van der Waals surface area contributed by atoms with Crippen LogP contribution in [0.15, 0.2) is 30.6 Å². The van der Waals surface area contributed by atoms with Gasteiger partial charge in [0.25, 0.3) is 0 Å². The Morgan fingerprint density at radius 3 is 2.71 bits per heavy atom. The van der Waals surface area contributed by atoms with Gasteiger partial charge >= 0.3 is 0 Å². The van der Waals surface area contributed by atoms with Crippen LogP contribution < -0.4 is 5.73 Å². The van der Waals surface area contributed by atoms with E-state index in [0.29, 0.717) is 24.9 Å². The molecule has 2 rings (SSSR count). The molecule has 0 saturated carbocycles. The van der Waals surface area contributed by atoms with Crippen molar-refractivity contribution in [2.75, 3.05) is 12.3 Å². The summed E-state index contributed by atoms with van der Waals surface area (Å²) in [5, 5.41) is 0. The van der Waals surface area contributed by atoms with Crippen LogP contribution in [0.1, 0.15) is 12.7 Å². The lowest BCUT2D eigenvalue weighted by Gasteiger charge is -2.05. The zero-order valence-corrected chi connectivity index (χ0v) is 9.63. The molecule has 0 saturated heterocycles. The van der Waals surface area contributed by atoms with Crippen molar-refractivity contribution in [2.45, 2.75) is 13.5 Å². The molecule has 5 heteroatoms. The van der Waals surface area contributed by atoms with Gasteiger partial charge < -0.3 is 10.5 Å². The average Bonchev–Trinajstić information content (AvgIpc) is 2.37. The highest BCUT2D eigenvalue weighted by Crippen LogP contribution is 2.17. The summed E-state index contributed by atoms with van der Waals surface area (Å²) in [5.74, 6) is 1.04. The van der Waals surface area contributed by atoms with E-state index < -0.39 is 0 Å². The van der Waals surface area contributed by atoms with Gasteiger partial charge in [0, 0.05) is 30.6 Å². The Morgan fingerprint density at radius 2 is 2.00 bits per heavy atom. The molecule has 0 radical (unpaired) electrons. The third-order valence-electron chi connectivity index (χ3n) is 2.20. The second kappa shape index (κ2) is 5.36. The van der Waals surface area contributed by atoms with E-state index in [4.69, 9.17) is 10.5 Å². The molecular weight excluding hydrogens is 216 g/mol. The molecule has 2 N–H and O–H groups in total. The summed E-state index contributed by atoms with van der Waals surface area (Å²) in [6.07, 6.45) is 3.44. The zero-order chi connectivity index (χ0) is 12.1. The van der Waals surface area contributed by atoms with Crippen molar-refractivity contribution in [3.63, 3.8) is 0 Å². The fourth-order valence-electron chi connectivity index (χ4n) is 1.45. The van der Waals surface area contributed by atoms with E-state index in [1.807, 2.05) is 19.1 Å². The van der Waals surface area contributed by atoms with Gasteiger partial charge in [-0.1, -0.05) is 0 Å². The normalized spacial score (nSPS) is 10.4. The van der Waals surface area contributed by atoms with Gasteiger partial charge in [0.05, 0.1) is 5.69 Å². The Bertz CT molecular complexity index is 487. The second-order valence-corrected chi connectivity index (χ2v) is 3.47. The lowest BCUT2D eigenvalue weighted by molar-refractivity contribution is 0.128. The van der Waals surface area contributed by atoms with Crippen molar-refractivity contribution >= 4 is 5.82 Å². The summed E-state index contributed by atoms with van der Waals surface area (Å²) in [4.78, 5) is 12.5. The van der Waals surface area contributed by atoms with Crippen molar-refractivity contribution in [3.05, 3.63) is 36.4 Å². The number of pyridine rings is 1. The van der Waals surface area contributed by atoms with Gasteiger partial charge in [-0.25, -0.2) is 9.97 Å². The summed E-state index contributed by atoms with van der Waals surface area (Å²) < 4.78 is 5.27. The molecule has 0 fully saturated rings. The van der Waals surface area contributed by atoms with E-state index in [1.54, 1.807) is 18.5 Å². The van der Waals surface area contributed by atoms with Crippen LogP contribution in [0, 0.1) is 0 Å². The lowest BCUT2D eigenvalue weighted by Crippen LogP contribution is -2.03. The first-order valence-corrected chi connectivity index (χ1v) is 5.41. The number of hydrogen-bond donors (Lipinski definition) is 1. The monoisotopic (exact) mass is 230 g/mol. The Hall–Kier alpha value is -2.01. The highest BCUT2D eigenvalue weighted by Gasteiger charge is 2.04. The Morgan fingerprint density at radius 1 is 1.24 bits per heavy atom. The highest BCUT2D eigenvalue weighted by molar-refractivity contribution is 5.60. The number of nitrogen functional groups attached to an aromatic ring is 1.